The molecule has 1 aliphatic rings. The number of rotatable bonds is 5. The molecular formula is C10H19NO6S2. The highest BCUT2D eigenvalue weighted by Crippen LogP contribution is 2.31. The van der Waals surface area contributed by atoms with E-state index in [1.807, 2.05) is 0 Å². The average Bonchev–Trinajstić information content (AvgIpc) is 2.26. The predicted molar refractivity (Wildman–Crippen MR) is 70.1 cm³/mol. The molecule has 1 N–H and O–H groups in total. The number of carboxylic acids is 1. The highest BCUT2D eigenvalue weighted by molar-refractivity contribution is 7.93. The van der Waals surface area contributed by atoms with Gasteiger partial charge in [-0.25, -0.2) is 16.8 Å². The van der Waals surface area contributed by atoms with Crippen molar-refractivity contribution < 1.29 is 26.7 Å². The van der Waals surface area contributed by atoms with Crippen LogP contribution in [0.15, 0.2) is 0 Å². The number of piperidine rings is 1. The van der Waals surface area contributed by atoms with Gasteiger partial charge in [0.25, 0.3) is 0 Å². The van der Waals surface area contributed by atoms with Gasteiger partial charge in [0.15, 0.2) is 0 Å². The Kier molecular flexibility index (Phi) is 4.63. The summed E-state index contributed by atoms with van der Waals surface area (Å²) < 4.78 is 47.4. The topological polar surface area (TPSA) is 109 Å². The first kappa shape index (κ1) is 16.4. The number of carboxylic acid groups (broad SMARTS) is 1. The van der Waals surface area contributed by atoms with Crippen molar-refractivity contribution in [1.82, 2.24) is 4.31 Å². The molecular weight excluding hydrogens is 294 g/mol. The highest BCUT2D eigenvalue weighted by Gasteiger charge is 2.47. The maximum absolute atomic E-state index is 12.2. The fourth-order valence-corrected chi connectivity index (χ4v) is 5.59. The number of sulfone groups is 1. The van der Waals surface area contributed by atoms with Crippen LogP contribution in [0.4, 0.5) is 0 Å². The van der Waals surface area contributed by atoms with Gasteiger partial charge in [-0.2, -0.15) is 4.31 Å². The molecule has 1 heterocycles. The van der Waals surface area contributed by atoms with E-state index in [0.29, 0.717) is 12.8 Å². The number of nitrogens with zero attached hydrogens (tertiary/aromatic N) is 1. The summed E-state index contributed by atoms with van der Waals surface area (Å²) in [6, 6.07) is 0. The first-order valence-corrected chi connectivity index (χ1v) is 9.58. The zero-order valence-corrected chi connectivity index (χ0v) is 12.6. The lowest BCUT2D eigenvalue weighted by atomic mass is 9.91. The summed E-state index contributed by atoms with van der Waals surface area (Å²) in [6.07, 6.45) is 2.41. The lowest BCUT2D eigenvalue weighted by Gasteiger charge is -2.40. The Hall–Kier alpha value is -0.670. The Morgan fingerprint density at radius 2 is 1.79 bits per heavy atom. The molecule has 1 atom stereocenters. The molecule has 0 bridgehead atoms. The van der Waals surface area contributed by atoms with E-state index < -0.39 is 42.9 Å². The normalized spacial score (nSPS) is 26.2. The zero-order chi connectivity index (χ0) is 14.9. The van der Waals surface area contributed by atoms with Crippen molar-refractivity contribution in [2.75, 3.05) is 24.3 Å². The monoisotopic (exact) mass is 313 g/mol. The van der Waals surface area contributed by atoms with Gasteiger partial charge >= 0.3 is 5.97 Å². The van der Waals surface area contributed by atoms with Crippen LogP contribution in [0.5, 0.6) is 0 Å². The van der Waals surface area contributed by atoms with Crippen LogP contribution in [0.2, 0.25) is 0 Å². The van der Waals surface area contributed by atoms with Crippen molar-refractivity contribution in [2.45, 2.75) is 31.7 Å². The summed E-state index contributed by atoms with van der Waals surface area (Å²) in [5, 5.41) is 9.23. The van der Waals surface area contributed by atoms with Crippen LogP contribution >= 0.6 is 0 Å². The number of aliphatic carboxylic acids is 1. The first-order chi connectivity index (χ1) is 8.49. The average molecular weight is 313 g/mol. The van der Waals surface area contributed by atoms with Gasteiger partial charge in [-0.15, -0.1) is 0 Å². The number of hydrogen-bond donors (Lipinski definition) is 1. The van der Waals surface area contributed by atoms with Gasteiger partial charge < -0.3 is 5.11 Å². The molecule has 1 saturated heterocycles. The fourth-order valence-electron chi connectivity index (χ4n) is 2.12. The molecule has 19 heavy (non-hydrogen) atoms. The highest BCUT2D eigenvalue weighted by atomic mass is 32.2. The Morgan fingerprint density at radius 3 is 2.26 bits per heavy atom. The summed E-state index contributed by atoms with van der Waals surface area (Å²) in [6.45, 7) is 1.49. The van der Waals surface area contributed by atoms with Crippen LogP contribution in [-0.4, -0.2) is 62.1 Å². The maximum atomic E-state index is 12.2. The van der Waals surface area contributed by atoms with Crippen molar-refractivity contribution >= 4 is 25.8 Å². The van der Waals surface area contributed by atoms with E-state index in [2.05, 4.69) is 0 Å². The second-order valence-corrected chi connectivity index (χ2v) is 9.33. The molecule has 1 aliphatic heterocycles. The molecule has 7 nitrogen and oxygen atoms in total. The Bertz CT molecular complexity index is 553. The van der Waals surface area contributed by atoms with Crippen molar-refractivity contribution in [3.63, 3.8) is 0 Å². The van der Waals surface area contributed by atoms with Crippen LogP contribution in [0.25, 0.3) is 0 Å². The number of carbonyl (C=O) groups is 1. The van der Waals surface area contributed by atoms with E-state index in [0.717, 1.165) is 10.6 Å². The van der Waals surface area contributed by atoms with Crippen LogP contribution < -0.4 is 0 Å². The third-order valence-corrected chi connectivity index (χ3v) is 6.52. The van der Waals surface area contributed by atoms with Crippen molar-refractivity contribution in [3.05, 3.63) is 0 Å². The Morgan fingerprint density at radius 1 is 1.21 bits per heavy atom. The Balaban J connectivity index is 3.00. The molecule has 0 radical (unpaired) electrons. The van der Waals surface area contributed by atoms with Gasteiger partial charge in [-0.1, -0.05) is 0 Å². The number of sulfonamides is 1. The third-order valence-electron chi connectivity index (χ3n) is 3.33. The molecule has 1 fully saturated rings. The van der Waals surface area contributed by atoms with Crippen LogP contribution in [0.1, 0.15) is 26.2 Å². The fraction of sp³-hybridized carbons (Fsp3) is 0.900. The van der Waals surface area contributed by atoms with E-state index in [4.69, 9.17) is 0 Å². The SMILES string of the molecule is CC1(C(=O)O)CCCCN1S(=O)(=O)CCS(C)(=O)=O. The molecule has 9 heteroatoms. The summed E-state index contributed by atoms with van der Waals surface area (Å²) in [7, 11) is -7.30. The van der Waals surface area contributed by atoms with Crippen molar-refractivity contribution in [2.24, 2.45) is 0 Å². The molecule has 1 unspecified atom stereocenters. The summed E-state index contributed by atoms with van der Waals surface area (Å²) in [5.74, 6) is -2.27. The van der Waals surface area contributed by atoms with Gasteiger partial charge in [0.1, 0.15) is 15.4 Å². The van der Waals surface area contributed by atoms with Crippen LogP contribution in [0, 0.1) is 0 Å². The third kappa shape index (κ3) is 3.90. The van der Waals surface area contributed by atoms with Crippen LogP contribution in [0.3, 0.4) is 0 Å². The largest absolute Gasteiger partial charge is 0.480 e. The predicted octanol–water partition coefficient (Wildman–Crippen LogP) is -0.310. The molecule has 0 amide bonds. The maximum Gasteiger partial charge on any atom is 0.324 e. The minimum absolute atomic E-state index is 0.120. The molecule has 1 rings (SSSR count). The number of hydrogen-bond acceptors (Lipinski definition) is 5. The molecule has 0 aromatic carbocycles. The van der Waals surface area contributed by atoms with Gasteiger partial charge in [0, 0.05) is 12.8 Å². The second kappa shape index (κ2) is 5.37. The summed E-state index contributed by atoms with van der Waals surface area (Å²) in [5.41, 5.74) is -1.48. The minimum atomic E-state index is -3.90. The van der Waals surface area contributed by atoms with Crippen molar-refractivity contribution in [1.29, 1.82) is 0 Å². The minimum Gasteiger partial charge on any atom is -0.480 e. The van der Waals surface area contributed by atoms with Gasteiger partial charge in [-0.3, -0.25) is 4.79 Å². The van der Waals surface area contributed by atoms with E-state index >= 15 is 0 Å². The molecule has 0 aromatic rings. The van der Waals surface area contributed by atoms with E-state index in [1.54, 1.807) is 0 Å². The zero-order valence-electron chi connectivity index (χ0n) is 11.0. The standard InChI is InChI=1S/C10H19NO6S2/c1-10(9(12)13)5-3-4-6-11(10)19(16,17)8-7-18(2,14)15/h3-8H2,1-2H3,(H,12,13). The van der Waals surface area contributed by atoms with Crippen molar-refractivity contribution in [3.8, 4) is 0 Å². The molecule has 0 saturated carbocycles. The molecule has 112 valence electrons. The van der Waals surface area contributed by atoms with Crippen LogP contribution in [-0.2, 0) is 24.7 Å². The Labute approximate surface area is 113 Å². The van der Waals surface area contributed by atoms with E-state index in [9.17, 15) is 26.7 Å². The smallest absolute Gasteiger partial charge is 0.324 e. The molecule has 0 aliphatic carbocycles. The quantitative estimate of drug-likeness (QED) is 0.745. The first-order valence-electron chi connectivity index (χ1n) is 5.91. The second-order valence-electron chi connectivity index (χ2n) is 5.05. The molecule has 0 spiro atoms. The van der Waals surface area contributed by atoms with Gasteiger partial charge in [0.2, 0.25) is 10.0 Å². The lowest BCUT2D eigenvalue weighted by Crippen LogP contribution is -2.58. The summed E-state index contributed by atoms with van der Waals surface area (Å²) >= 11 is 0. The summed E-state index contributed by atoms with van der Waals surface area (Å²) in [4.78, 5) is 11.3. The lowest BCUT2D eigenvalue weighted by molar-refractivity contribution is -0.149. The van der Waals surface area contributed by atoms with E-state index in [1.165, 1.54) is 6.92 Å². The molecule has 0 aromatic heterocycles. The van der Waals surface area contributed by atoms with E-state index in [-0.39, 0.29) is 13.0 Å². The van der Waals surface area contributed by atoms with Gasteiger partial charge in [-0.05, 0) is 26.2 Å². The van der Waals surface area contributed by atoms with Gasteiger partial charge in [0.05, 0.1) is 11.5 Å².